The van der Waals surface area contributed by atoms with Gasteiger partial charge in [0.2, 0.25) is 0 Å². The summed E-state index contributed by atoms with van der Waals surface area (Å²) in [5.41, 5.74) is 3.26. The molecule has 112 valence electrons. The summed E-state index contributed by atoms with van der Waals surface area (Å²) >= 11 is 0. The molecule has 21 heavy (non-hydrogen) atoms. The molecule has 3 N–H and O–H groups in total. The summed E-state index contributed by atoms with van der Waals surface area (Å²) in [4.78, 5) is 0. The van der Waals surface area contributed by atoms with E-state index in [0.717, 1.165) is 49.2 Å². The predicted molar refractivity (Wildman–Crippen MR) is 83.7 cm³/mol. The van der Waals surface area contributed by atoms with Gasteiger partial charge < -0.3 is 10.4 Å². The average molecular weight is 285 g/mol. The number of aliphatic hydroxyl groups is 1. The van der Waals surface area contributed by atoms with Gasteiger partial charge in [-0.05, 0) is 37.7 Å². The van der Waals surface area contributed by atoms with Gasteiger partial charge in [-0.1, -0.05) is 30.3 Å². The zero-order chi connectivity index (χ0) is 14.5. The Labute approximate surface area is 125 Å². The Bertz CT molecular complexity index is 544. The molecule has 1 aliphatic rings. The van der Waals surface area contributed by atoms with Crippen molar-refractivity contribution >= 4 is 0 Å². The van der Waals surface area contributed by atoms with Gasteiger partial charge in [-0.3, -0.25) is 5.10 Å². The lowest BCUT2D eigenvalue weighted by Gasteiger charge is -2.27. The van der Waals surface area contributed by atoms with E-state index in [1.165, 1.54) is 0 Å². The minimum atomic E-state index is 0.341. The first-order valence-corrected chi connectivity index (χ1v) is 7.79. The van der Waals surface area contributed by atoms with Crippen LogP contribution in [0.1, 0.15) is 31.4 Å². The summed E-state index contributed by atoms with van der Waals surface area (Å²) in [5, 5.41) is 20.2. The SMILES string of the molecule is OCC1CCC(NCc2cc(-c3ccccc3)n[nH]2)CC1. The summed E-state index contributed by atoms with van der Waals surface area (Å²) in [6, 6.07) is 12.9. The number of nitrogens with zero attached hydrogens (tertiary/aromatic N) is 1. The van der Waals surface area contributed by atoms with Gasteiger partial charge in [0.1, 0.15) is 0 Å². The highest BCUT2D eigenvalue weighted by Crippen LogP contribution is 2.24. The second kappa shape index (κ2) is 6.87. The molecule has 1 aliphatic carbocycles. The van der Waals surface area contributed by atoms with Gasteiger partial charge in [0.25, 0.3) is 0 Å². The number of aromatic amines is 1. The molecule has 0 saturated heterocycles. The minimum Gasteiger partial charge on any atom is -0.396 e. The van der Waals surface area contributed by atoms with E-state index in [1.807, 2.05) is 18.2 Å². The lowest BCUT2D eigenvalue weighted by atomic mass is 9.86. The van der Waals surface area contributed by atoms with Crippen LogP contribution in [0.2, 0.25) is 0 Å². The molecule has 1 saturated carbocycles. The maximum absolute atomic E-state index is 9.16. The normalized spacial score (nSPS) is 22.3. The molecule has 0 aliphatic heterocycles. The largest absolute Gasteiger partial charge is 0.396 e. The zero-order valence-electron chi connectivity index (χ0n) is 12.3. The maximum Gasteiger partial charge on any atom is 0.0924 e. The smallest absolute Gasteiger partial charge is 0.0924 e. The molecule has 1 heterocycles. The Morgan fingerprint density at radius 1 is 1.14 bits per heavy atom. The third-order valence-corrected chi connectivity index (χ3v) is 4.39. The van der Waals surface area contributed by atoms with Gasteiger partial charge in [0, 0.05) is 30.5 Å². The van der Waals surface area contributed by atoms with Crippen LogP contribution in [-0.2, 0) is 6.54 Å². The van der Waals surface area contributed by atoms with Crippen molar-refractivity contribution in [1.82, 2.24) is 15.5 Å². The van der Waals surface area contributed by atoms with Crippen molar-refractivity contribution in [2.75, 3.05) is 6.61 Å². The molecule has 3 rings (SSSR count). The fraction of sp³-hybridized carbons (Fsp3) is 0.471. The highest BCUT2D eigenvalue weighted by Gasteiger charge is 2.20. The average Bonchev–Trinajstić information content (AvgIpc) is 3.03. The van der Waals surface area contributed by atoms with Crippen LogP contribution in [0.15, 0.2) is 36.4 Å². The molecule has 0 spiro atoms. The zero-order valence-corrected chi connectivity index (χ0v) is 12.3. The molecule has 0 bridgehead atoms. The number of hydrogen-bond acceptors (Lipinski definition) is 3. The molecule has 1 aromatic heterocycles. The molecule has 0 radical (unpaired) electrons. The predicted octanol–water partition coefficient (Wildman–Crippen LogP) is 2.72. The van der Waals surface area contributed by atoms with Crippen molar-refractivity contribution in [3.63, 3.8) is 0 Å². The molecule has 0 atom stereocenters. The number of aliphatic hydroxyl groups excluding tert-OH is 1. The Morgan fingerprint density at radius 3 is 2.62 bits per heavy atom. The Balaban J connectivity index is 1.52. The lowest BCUT2D eigenvalue weighted by Crippen LogP contribution is -2.33. The summed E-state index contributed by atoms with van der Waals surface area (Å²) in [6.45, 7) is 1.17. The third kappa shape index (κ3) is 3.71. The van der Waals surface area contributed by atoms with Gasteiger partial charge in [0.15, 0.2) is 0 Å². The number of benzene rings is 1. The number of nitrogens with one attached hydrogen (secondary N) is 2. The monoisotopic (exact) mass is 285 g/mol. The van der Waals surface area contributed by atoms with Crippen LogP contribution in [0.5, 0.6) is 0 Å². The standard InChI is InChI=1S/C17H23N3O/c21-12-13-6-8-15(9-7-13)18-11-16-10-17(20-19-16)14-4-2-1-3-5-14/h1-5,10,13,15,18,21H,6-9,11-12H2,(H,19,20). The van der Waals surface area contributed by atoms with Gasteiger partial charge in [-0.25, -0.2) is 0 Å². The molecule has 2 aromatic rings. The van der Waals surface area contributed by atoms with E-state index < -0.39 is 0 Å². The summed E-state index contributed by atoms with van der Waals surface area (Å²) in [7, 11) is 0. The van der Waals surface area contributed by atoms with Crippen molar-refractivity contribution in [2.24, 2.45) is 5.92 Å². The van der Waals surface area contributed by atoms with Crippen molar-refractivity contribution in [1.29, 1.82) is 0 Å². The fourth-order valence-corrected chi connectivity index (χ4v) is 3.01. The molecule has 0 unspecified atom stereocenters. The van der Waals surface area contributed by atoms with E-state index in [1.54, 1.807) is 0 Å². The maximum atomic E-state index is 9.16. The van der Waals surface area contributed by atoms with Gasteiger partial charge >= 0.3 is 0 Å². The molecule has 1 aromatic carbocycles. The van der Waals surface area contributed by atoms with E-state index >= 15 is 0 Å². The first-order chi connectivity index (χ1) is 10.3. The molecule has 0 amide bonds. The number of rotatable bonds is 5. The summed E-state index contributed by atoms with van der Waals surface area (Å²) < 4.78 is 0. The third-order valence-electron chi connectivity index (χ3n) is 4.39. The Kier molecular flexibility index (Phi) is 4.68. The highest BCUT2D eigenvalue weighted by molar-refractivity contribution is 5.58. The molecule has 4 heteroatoms. The first kappa shape index (κ1) is 14.3. The van der Waals surface area contributed by atoms with Crippen LogP contribution in [0.25, 0.3) is 11.3 Å². The van der Waals surface area contributed by atoms with Crippen molar-refractivity contribution in [3.8, 4) is 11.3 Å². The molecular formula is C17H23N3O. The van der Waals surface area contributed by atoms with Crippen LogP contribution >= 0.6 is 0 Å². The van der Waals surface area contributed by atoms with Crippen LogP contribution in [-0.4, -0.2) is 28.0 Å². The number of hydrogen-bond donors (Lipinski definition) is 3. The number of aromatic nitrogens is 2. The van der Waals surface area contributed by atoms with Gasteiger partial charge in [-0.15, -0.1) is 0 Å². The topological polar surface area (TPSA) is 60.9 Å². The van der Waals surface area contributed by atoms with Crippen LogP contribution in [0, 0.1) is 5.92 Å². The second-order valence-electron chi connectivity index (χ2n) is 5.93. The lowest BCUT2D eigenvalue weighted by molar-refractivity contribution is 0.175. The van der Waals surface area contributed by atoms with E-state index in [9.17, 15) is 0 Å². The Morgan fingerprint density at radius 2 is 1.90 bits per heavy atom. The minimum absolute atomic E-state index is 0.341. The van der Waals surface area contributed by atoms with Crippen molar-refractivity contribution in [2.45, 2.75) is 38.3 Å². The second-order valence-corrected chi connectivity index (χ2v) is 5.93. The van der Waals surface area contributed by atoms with E-state index in [2.05, 4.69) is 33.7 Å². The van der Waals surface area contributed by atoms with E-state index in [4.69, 9.17) is 5.11 Å². The fourth-order valence-electron chi connectivity index (χ4n) is 3.01. The van der Waals surface area contributed by atoms with Crippen molar-refractivity contribution < 1.29 is 5.11 Å². The van der Waals surface area contributed by atoms with Gasteiger partial charge in [-0.2, -0.15) is 5.10 Å². The first-order valence-electron chi connectivity index (χ1n) is 7.79. The van der Waals surface area contributed by atoms with E-state index in [0.29, 0.717) is 18.6 Å². The van der Waals surface area contributed by atoms with Crippen LogP contribution < -0.4 is 5.32 Å². The van der Waals surface area contributed by atoms with E-state index in [-0.39, 0.29) is 0 Å². The summed E-state index contributed by atoms with van der Waals surface area (Å²) in [5.74, 6) is 0.514. The summed E-state index contributed by atoms with van der Waals surface area (Å²) in [6.07, 6.45) is 4.58. The van der Waals surface area contributed by atoms with Crippen molar-refractivity contribution in [3.05, 3.63) is 42.1 Å². The quantitative estimate of drug-likeness (QED) is 0.791. The highest BCUT2D eigenvalue weighted by atomic mass is 16.3. The molecule has 1 fully saturated rings. The number of H-pyrrole nitrogens is 1. The molecular weight excluding hydrogens is 262 g/mol. The Hall–Kier alpha value is -1.65. The van der Waals surface area contributed by atoms with Crippen LogP contribution in [0.4, 0.5) is 0 Å². The van der Waals surface area contributed by atoms with Crippen LogP contribution in [0.3, 0.4) is 0 Å². The molecule has 4 nitrogen and oxygen atoms in total. The van der Waals surface area contributed by atoms with Gasteiger partial charge in [0.05, 0.1) is 5.69 Å².